The number of carbonyl (C=O) groups excluding carboxylic acids is 1. The molecule has 1 heterocycles. The number of ether oxygens (including phenoxy) is 2. The van der Waals surface area contributed by atoms with Gasteiger partial charge in [-0.15, -0.1) is 0 Å². The minimum absolute atomic E-state index is 0.0166. The summed E-state index contributed by atoms with van der Waals surface area (Å²) in [4.78, 5) is 23.2. The van der Waals surface area contributed by atoms with Gasteiger partial charge in [0.25, 0.3) is 5.69 Å². The topological polar surface area (TPSA) is 90.7 Å². The molecule has 0 aromatic heterocycles. The van der Waals surface area contributed by atoms with E-state index in [2.05, 4.69) is 5.32 Å². The zero-order chi connectivity index (χ0) is 20.4. The number of nitro benzene ring substituents is 1. The Kier molecular flexibility index (Phi) is 4.87. The lowest BCUT2D eigenvalue weighted by molar-refractivity contribution is -0.385. The number of nitrogens with one attached hydrogen (secondary N) is 1. The first-order valence-corrected chi connectivity index (χ1v) is 9.07. The quantitative estimate of drug-likeness (QED) is 0.397. The van der Waals surface area contributed by atoms with Crippen LogP contribution in [0.25, 0.3) is 16.8 Å². The van der Waals surface area contributed by atoms with Crippen molar-refractivity contribution in [2.75, 3.05) is 6.79 Å². The minimum atomic E-state index is -0.516. The Labute approximate surface area is 166 Å². The molecule has 7 heteroatoms. The van der Waals surface area contributed by atoms with E-state index in [-0.39, 0.29) is 30.0 Å². The van der Waals surface area contributed by atoms with E-state index in [4.69, 9.17) is 9.47 Å². The van der Waals surface area contributed by atoms with E-state index in [1.807, 2.05) is 49.4 Å². The fourth-order valence-corrected chi connectivity index (χ4v) is 3.37. The number of nitro groups is 1. The maximum absolute atomic E-state index is 12.4. The molecule has 0 fully saturated rings. The first-order chi connectivity index (χ1) is 14.0. The highest BCUT2D eigenvalue weighted by molar-refractivity contribution is 5.93. The highest BCUT2D eigenvalue weighted by Gasteiger charge is 2.22. The molecule has 0 bridgehead atoms. The van der Waals surface area contributed by atoms with Gasteiger partial charge in [-0.05, 0) is 35.4 Å². The smallest absolute Gasteiger partial charge is 0.280 e. The molecule has 0 aliphatic carbocycles. The number of fused-ring (bicyclic) bond motifs is 2. The summed E-state index contributed by atoms with van der Waals surface area (Å²) in [5.41, 5.74) is 1.12. The van der Waals surface area contributed by atoms with Crippen molar-refractivity contribution in [2.24, 2.45) is 0 Å². The van der Waals surface area contributed by atoms with E-state index < -0.39 is 4.92 Å². The minimum Gasteiger partial charge on any atom is -0.454 e. The molecule has 0 saturated heterocycles. The third kappa shape index (κ3) is 3.75. The van der Waals surface area contributed by atoms with Gasteiger partial charge in [0.2, 0.25) is 12.7 Å². The monoisotopic (exact) mass is 390 g/mol. The molecule has 146 valence electrons. The predicted octanol–water partition coefficient (Wildman–Crippen LogP) is 4.37. The fourth-order valence-electron chi connectivity index (χ4n) is 3.37. The molecule has 4 rings (SSSR count). The van der Waals surface area contributed by atoms with Gasteiger partial charge in [-0.25, -0.2) is 0 Å². The third-order valence-electron chi connectivity index (χ3n) is 4.78. The molecule has 0 radical (unpaired) electrons. The van der Waals surface area contributed by atoms with E-state index in [9.17, 15) is 14.9 Å². The van der Waals surface area contributed by atoms with Crippen LogP contribution in [0.3, 0.4) is 0 Å². The standard InChI is InChI=1S/C22H18N2O5/c1-14(17-8-4-6-15-5-2-3-7-18(15)17)23-22(25)10-9-16-11-20-21(29-13-28-20)12-19(16)24(26)27/h2-12,14H,13H2,1H3,(H,23,25)/b10-9-/t14-/m0/s1. The number of nitrogens with zero attached hydrogens (tertiary/aromatic N) is 1. The Morgan fingerprint density at radius 2 is 1.86 bits per heavy atom. The van der Waals surface area contributed by atoms with Crippen LogP contribution >= 0.6 is 0 Å². The van der Waals surface area contributed by atoms with Crippen molar-refractivity contribution in [2.45, 2.75) is 13.0 Å². The van der Waals surface area contributed by atoms with Crippen LogP contribution in [-0.4, -0.2) is 17.6 Å². The van der Waals surface area contributed by atoms with E-state index in [0.717, 1.165) is 16.3 Å². The van der Waals surface area contributed by atoms with Crippen LogP contribution in [0, 0.1) is 10.1 Å². The number of hydrogen-bond donors (Lipinski definition) is 1. The summed E-state index contributed by atoms with van der Waals surface area (Å²) < 4.78 is 10.4. The van der Waals surface area contributed by atoms with Crippen molar-refractivity contribution in [1.82, 2.24) is 5.32 Å². The second kappa shape index (κ2) is 7.63. The second-order valence-electron chi connectivity index (χ2n) is 6.65. The highest BCUT2D eigenvalue weighted by Crippen LogP contribution is 2.38. The molecule has 0 spiro atoms. The lowest BCUT2D eigenvalue weighted by Gasteiger charge is -2.15. The number of benzene rings is 3. The van der Waals surface area contributed by atoms with Crippen LogP contribution in [0.1, 0.15) is 24.1 Å². The van der Waals surface area contributed by atoms with Crippen LogP contribution in [0.2, 0.25) is 0 Å². The number of rotatable bonds is 5. The van der Waals surface area contributed by atoms with Gasteiger partial charge in [0.15, 0.2) is 11.5 Å². The van der Waals surface area contributed by atoms with Crippen molar-refractivity contribution in [3.8, 4) is 11.5 Å². The molecule has 0 saturated carbocycles. The Bertz CT molecular complexity index is 1130. The van der Waals surface area contributed by atoms with Gasteiger partial charge >= 0.3 is 0 Å². The zero-order valence-electron chi connectivity index (χ0n) is 15.6. The SMILES string of the molecule is C[C@H](NC(=O)/C=C\c1cc2c(cc1[N+](=O)[O-])OCO2)c1cccc2ccccc12. The van der Waals surface area contributed by atoms with Crippen molar-refractivity contribution in [3.05, 3.63) is 81.9 Å². The van der Waals surface area contributed by atoms with Gasteiger partial charge in [0, 0.05) is 6.08 Å². The largest absolute Gasteiger partial charge is 0.454 e. The normalized spacial score (nSPS) is 13.6. The van der Waals surface area contributed by atoms with E-state index in [1.54, 1.807) is 0 Å². The molecule has 1 atom stereocenters. The number of carbonyl (C=O) groups is 1. The third-order valence-corrected chi connectivity index (χ3v) is 4.78. The summed E-state index contributed by atoms with van der Waals surface area (Å²) in [6.45, 7) is 1.92. The predicted molar refractivity (Wildman–Crippen MR) is 109 cm³/mol. The van der Waals surface area contributed by atoms with Gasteiger partial charge in [-0.2, -0.15) is 0 Å². The summed E-state index contributed by atoms with van der Waals surface area (Å²) in [6, 6.07) is 16.5. The first-order valence-electron chi connectivity index (χ1n) is 9.07. The Hall–Kier alpha value is -3.87. The summed E-state index contributed by atoms with van der Waals surface area (Å²) >= 11 is 0. The molecular formula is C22H18N2O5. The summed E-state index contributed by atoms with van der Waals surface area (Å²) in [5.74, 6) is 0.389. The molecule has 29 heavy (non-hydrogen) atoms. The summed E-state index contributed by atoms with van der Waals surface area (Å²) in [5, 5.41) is 16.4. The van der Waals surface area contributed by atoms with Crippen molar-refractivity contribution >= 4 is 28.4 Å². The Morgan fingerprint density at radius 3 is 2.66 bits per heavy atom. The molecular weight excluding hydrogens is 372 g/mol. The molecule has 3 aromatic rings. The fraction of sp³-hybridized carbons (Fsp3) is 0.136. The zero-order valence-corrected chi connectivity index (χ0v) is 15.6. The van der Waals surface area contributed by atoms with Gasteiger partial charge in [0.05, 0.1) is 22.6 Å². The maximum atomic E-state index is 12.4. The molecule has 1 amide bonds. The lowest BCUT2D eigenvalue weighted by atomic mass is 10.00. The van der Waals surface area contributed by atoms with Crippen LogP contribution < -0.4 is 14.8 Å². The van der Waals surface area contributed by atoms with E-state index in [0.29, 0.717) is 11.5 Å². The summed E-state index contributed by atoms with van der Waals surface area (Å²) in [6.07, 6.45) is 2.69. The number of amides is 1. The Balaban J connectivity index is 1.54. The molecule has 1 aliphatic rings. The maximum Gasteiger partial charge on any atom is 0.280 e. The van der Waals surface area contributed by atoms with Crippen molar-refractivity contribution in [3.63, 3.8) is 0 Å². The lowest BCUT2D eigenvalue weighted by Crippen LogP contribution is -2.24. The van der Waals surface area contributed by atoms with Crippen LogP contribution in [-0.2, 0) is 4.79 Å². The average molecular weight is 390 g/mol. The second-order valence-corrected chi connectivity index (χ2v) is 6.65. The van der Waals surface area contributed by atoms with Crippen LogP contribution in [0.5, 0.6) is 11.5 Å². The van der Waals surface area contributed by atoms with Crippen molar-refractivity contribution < 1.29 is 19.2 Å². The van der Waals surface area contributed by atoms with Crippen LogP contribution in [0.15, 0.2) is 60.7 Å². The Morgan fingerprint density at radius 1 is 1.14 bits per heavy atom. The molecule has 1 N–H and O–H groups in total. The molecule has 0 unspecified atom stereocenters. The highest BCUT2D eigenvalue weighted by atomic mass is 16.7. The molecule has 7 nitrogen and oxygen atoms in total. The number of hydrogen-bond acceptors (Lipinski definition) is 5. The summed E-state index contributed by atoms with van der Waals surface area (Å²) in [7, 11) is 0. The van der Waals surface area contributed by atoms with Crippen LogP contribution in [0.4, 0.5) is 5.69 Å². The van der Waals surface area contributed by atoms with E-state index >= 15 is 0 Å². The molecule has 1 aliphatic heterocycles. The average Bonchev–Trinajstić information content (AvgIpc) is 3.18. The van der Waals surface area contributed by atoms with E-state index in [1.165, 1.54) is 24.3 Å². The van der Waals surface area contributed by atoms with Crippen molar-refractivity contribution in [1.29, 1.82) is 0 Å². The first kappa shape index (κ1) is 18.5. The van der Waals surface area contributed by atoms with Gasteiger partial charge in [-0.3, -0.25) is 14.9 Å². The van der Waals surface area contributed by atoms with Gasteiger partial charge in [-0.1, -0.05) is 42.5 Å². The molecule has 3 aromatic carbocycles. The van der Waals surface area contributed by atoms with Gasteiger partial charge in [0.1, 0.15) is 0 Å². The van der Waals surface area contributed by atoms with Gasteiger partial charge < -0.3 is 14.8 Å².